The van der Waals surface area contributed by atoms with Crippen molar-refractivity contribution in [2.24, 2.45) is 0 Å². The maximum absolute atomic E-state index is 12.4. The molecule has 4 rings (SSSR count). The van der Waals surface area contributed by atoms with Crippen molar-refractivity contribution in [3.8, 4) is 17.2 Å². The molecule has 2 aromatic carbocycles. The van der Waals surface area contributed by atoms with Crippen LogP contribution in [0.3, 0.4) is 0 Å². The van der Waals surface area contributed by atoms with E-state index in [1.165, 1.54) is 38.6 Å². The number of carboxylic acids is 1. The number of halogens is 2. The van der Waals surface area contributed by atoms with Crippen molar-refractivity contribution in [3.05, 3.63) is 51.5 Å². The van der Waals surface area contributed by atoms with Crippen LogP contribution in [0, 0.1) is 0 Å². The first-order valence-electron chi connectivity index (χ1n) is 12.3. The van der Waals surface area contributed by atoms with E-state index in [-0.39, 0.29) is 33.6 Å². The van der Waals surface area contributed by atoms with Crippen molar-refractivity contribution < 1.29 is 28.9 Å². The summed E-state index contributed by atoms with van der Waals surface area (Å²) in [4.78, 5) is 26.2. The van der Waals surface area contributed by atoms with Crippen molar-refractivity contribution in [1.29, 1.82) is 0 Å². The second-order valence-corrected chi connectivity index (χ2v) is 10.9. The van der Waals surface area contributed by atoms with Crippen LogP contribution < -0.4 is 19.5 Å². The number of amides is 1. The lowest BCUT2D eigenvalue weighted by Crippen LogP contribution is -2.47. The third kappa shape index (κ3) is 6.25. The molecule has 200 valence electrons. The maximum Gasteiger partial charge on any atom is 0.347 e. The molecule has 2 heterocycles. The number of piperidine rings is 1. The van der Waals surface area contributed by atoms with Crippen molar-refractivity contribution in [1.82, 2.24) is 10.2 Å². The van der Waals surface area contributed by atoms with Gasteiger partial charge in [-0.3, -0.25) is 4.79 Å². The zero-order valence-corrected chi connectivity index (χ0v) is 22.7. The molecule has 2 aromatic rings. The molecular weight excluding hydrogens is 519 g/mol. The Morgan fingerprint density at radius 3 is 2.57 bits per heavy atom. The van der Waals surface area contributed by atoms with Gasteiger partial charge in [-0.25, -0.2) is 4.79 Å². The molecule has 37 heavy (non-hydrogen) atoms. The van der Waals surface area contributed by atoms with Gasteiger partial charge in [0.2, 0.25) is 0 Å². The van der Waals surface area contributed by atoms with E-state index in [1.807, 2.05) is 18.2 Å². The summed E-state index contributed by atoms with van der Waals surface area (Å²) in [6.07, 6.45) is 3.52. The fourth-order valence-electron chi connectivity index (χ4n) is 4.70. The van der Waals surface area contributed by atoms with Crippen molar-refractivity contribution in [2.45, 2.75) is 50.7 Å². The number of benzene rings is 2. The average Bonchev–Trinajstić information content (AvgIpc) is 3.20. The van der Waals surface area contributed by atoms with Crippen LogP contribution in [-0.2, 0) is 11.2 Å². The lowest BCUT2D eigenvalue weighted by atomic mass is 9.87. The number of aliphatic carboxylic acids is 1. The van der Waals surface area contributed by atoms with Crippen LogP contribution in [0.2, 0.25) is 10.0 Å². The number of nitrogens with one attached hydrogen (secondary N) is 1. The molecule has 0 bridgehead atoms. The highest BCUT2D eigenvalue weighted by Gasteiger charge is 2.41. The first-order valence-corrected chi connectivity index (χ1v) is 13.1. The largest absolute Gasteiger partial charge is 0.493 e. The van der Waals surface area contributed by atoms with Gasteiger partial charge in [-0.2, -0.15) is 0 Å². The average molecular weight is 551 g/mol. The van der Waals surface area contributed by atoms with E-state index in [0.29, 0.717) is 6.61 Å². The SMILES string of the molecule is CNC(=O)c1cc(Cl)c(OC(C)(C)C(=O)O)cc1OCCCN1CCC2(CC1)Cc1cc(Cl)ccc1O2. The molecule has 2 aliphatic heterocycles. The Morgan fingerprint density at radius 1 is 1.16 bits per heavy atom. The van der Waals surface area contributed by atoms with Gasteiger partial charge < -0.3 is 29.5 Å². The van der Waals surface area contributed by atoms with Gasteiger partial charge in [-0.15, -0.1) is 0 Å². The molecule has 2 aliphatic rings. The second kappa shape index (κ2) is 11.0. The molecule has 1 amide bonds. The predicted octanol–water partition coefficient (Wildman–Crippen LogP) is 4.83. The molecular formula is C27H32Cl2N2O6. The van der Waals surface area contributed by atoms with E-state index in [4.69, 9.17) is 37.4 Å². The first-order chi connectivity index (χ1) is 17.5. The molecule has 1 spiro atoms. The minimum atomic E-state index is -1.50. The van der Waals surface area contributed by atoms with Crippen LogP contribution in [0.1, 0.15) is 49.0 Å². The van der Waals surface area contributed by atoms with Gasteiger partial charge in [0, 0.05) is 57.0 Å². The smallest absolute Gasteiger partial charge is 0.347 e. The van der Waals surface area contributed by atoms with E-state index in [9.17, 15) is 14.7 Å². The normalized spacial score (nSPS) is 16.7. The van der Waals surface area contributed by atoms with E-state index in [1.54, 1.807) is 0 Å². The summed E-state index contributed by atoms with van der Waals surface area (Å²) in [6.45, 7) is 5.91. The number of ether oxygens (including phenoxy) is 3. The summed E-state index contributed by atoms with van der Waals surface area (Å²) in [7, 11) is 1.52. The fraction of sp³-hybridized carbons (Fsp3) is 0.481. The van der Waals surface area contributed by atoms with Crippen molar-refractivity contribution >= 4 is 35.1 Å². The van der Waals surface area contributed by atoms with Crippen LogP contribution in [0.25, 0.3) is 0 Å². The summed E-state index contributed by atoms with van der Waals surface area (Å²) in [6, 6.07) is 8.73. The molecule has 8 nitrogen and oxygen atoms in total. The van der Waals surface area contributed by atoms with Gasteiger partial charge in [0.1, 0.15) is 22.8 Å². The summed E-state index contributed by atoms with van der Waals surface area (Å²) < 4.78 is 17.9. The van der Waals surface area contributed by atoms with E-state index in [0.717, 1.165) is 56.1 Å². The van der Waals surface area contributed by atoms with Crippen LogP contribution in [0.4, 0.5) is 0 Å². The third-order valence-electron chi connectivity index (χ3n) is 6.89. The number of carbonyl (C=O) groups is 2. The number of fused-ring (bicyclic) bond motifs is 1. The highest BCUT2D eigenvalue weighted by atomic mass is 35.5. The predicted molar refractivity (Wildman–Crippen MR) is 141 cm³/mol. The maximum atomic E-state index is 12.4. The Balaban J connectivity index is 1.32. The van der Waals surface area contributed by atoms with Gasteiger partial charge in [0.25, 0.3) is 5.91 Å². The third-order valence-corrected chi connectivity index (χ3v) is 7.42. The Hall–Kier alpha value is -2.68. The zero-order chi connectivity index (χ0) is 26.8. The van der Waals surface area contributed by atoms with Crippen molar-refractivity contribution in [3.63, 3.8) is 0 Å². The molecule has 0 unspecified atom stereocenters. The monoisotopic (exact) mass is 550 g/mol. The Kier molecular flexibility index (Phi) is 8.11. The number of hydrogen-bond donors (Lipinski definition) is 2. The summed E-state index contributed by atoms with van der Waals surface area (Å²) in [5, 5.41) is 12.8. The summed E-state index contributed by atoms with van der Waals surface area (Å²) in [5.74, 6) is -0.136. The number of carboxylic acid groups (broad SMARTS) is 1. The summed E-state index contributed by atoms with van der Waals surface area (Å²) in [5.41, 5.74) is -0.214. The Bertz CT molecular complexity index is 1180. The van der Waals surface area contributed by atoms with Gasteiger partial charge in [-0.1, -0.05) is 23.2 Å². The molecule has 2 N–H and O–H groups in total. The number of nitrogens with zero attached hydrogens (tertiary/aromatic N) is 1. The Morgan fingerprint density at radius 2 is 1.89 bits per heavy atom. The minimum absolute atomic E-state index is 0.126. The van der Waals surface area contributed by atoms with Crippen LogP contribution in [0.15, 0.2) is 30.3 Å². The lowest BCUT2D eigenvalue weighted by Gasteiger charge is -2.38. The fourth-order valence-corrected chi connectivity index (χ4v) is 5.10. The standard InChI is InChI=1S/C27H32Cl2N2O6/c1-26(2,25(33)34)36-23-15-22(19(14-20(23)29)24(32)30-3)35-12-4-9-31-10-7-27(8-11-31)16-17-13-18(28)5-6-21(17)37-27/h5-6,13-15H,4,7-12,16H2,1-3H3,(H,30,32)(H,33,34). The number of hydrogen-bond acceptors (Lipinski definition) is 6. The van der Waals surface area contributed by atoms with Gasteiger partial charge in [0.15, 0.2) is 5.60 Å². The molecule has 0 saturated carbocycles. The van der Waals surface area contributed by atoms with Crippen LogP contribution >= 0.6 is 23.2 Å². The minimum Gasteiger partial charge on any atom is -0.493 e. The Labute approximate surface area is 226 Å². The number of likely N-dealkylation sites (tertiary alicyclic amines) is 1. The van der Waals surface area contributed by atoms with Gasteiger partial charge >= 0.3 is 5.97 Å². The van der Waals surface area contributed by atoms with Crippen LogP contribution in [0.5, 0.6) is 17.2 Å². The molecule has 0 radical (unpaired) electrons. The number of carbonyl (C=O) groups excluding carboxylic acids is 1. The van der Waals surface area contributed by atoms with Gasteiger partial charge in [0.05, 0.1) is 17.2 Å². The highest BCUT2D eigenvalue weighted by molar-refractivity contribution is 6.32. The van der Waals surface area contributed by atoms with Crippen molar-refractivity contribution in [2.75, 3.05) is 33.3 Å². The quantitative estimate of drug-likeness (QED) is 0.431. The van der Waals surface area contributed by atoms with Crippen LogP contribution in [-0.4, -0.2) is 66.4 Å². The van der Waals surface area contributed by atoms with E-state index < -0.39 is 11.6 Å². The molecule has 1 fully saturated rings. The second-order valence-electron chi connectivity index (χ2n) is 10.0. The molecule has 10 heteroatoms. The summed E-state index contributed by atoms with van der Waals surface area (Å²) >= 11 is 12.4. The molecule has 1 saturated heterocycles. The van der Waals surface area contributed by atoms with Gasteiger partial charge in [-0.05, 0) is 50.1 Å². The number of rotatable bonds is 9. The van der Waals surface area contributed by atoms with E-state index >= 15 is 0 Å². The topological polar surface area (TPSA) is 97.3 Å². The van der Waals surface area contributed by atoms with E-state index in [2.05, 4.69) is 10.2 Å². The zero-order valence-electron chi connectivity index (χ0n) is 21.2. The highest BCUT2D eigenvalue weighted by Crippen LogP contribution is 2.42. The first kappa shape index (κ1) is 27.4. The molecule has 0 atom stereocenters. The molecule has 0 aromatic heterocycles. The molecule has 0 aliphatic carbocycles. The lowest BCUT2D eigenvalue weighted by molar-refractivity contribution is -0.152.